The lowest BCUT2D eigenvalue weighted by atomic mass is 9.62. The van der Waals surface area contributed by atoms with Crippen LogP contribution < -0.4 is 5.32 Å². The van der Waals surface area contributed by atoms with Crippen LogP contribution in [-0.2, 0) is 23.9 Å². The van der Waals surface area contributed by atoms with Gasteiger partial charge in [0.25, 0.3) is 0 Å². The second kappa shape index (κ2) is 9.08. The summed E-state index contributed by atoms with van der Waals surface area (Å²) in [6.45, 7) is 16.6. The summed E-state index contributed by atoms with van der Waals surface area (Å²) in [7, 11) is 0. The van der Waals surface area contributed by atoms with Crippen LogP contribution in [0.2, 0.25) is 0 Å². The third-order valence-corrected chi connectivity index (χ3v) is 7.84. The fraction of sp³-hybridized carbons (Fsp3) is 0.885. The van der Waals surface area contributed by atoms with E-state index in [1.165, 1.54) is 0 Å². The van der Waals surface area contributed by atoms with Crippen molar-refractivity contribution in [3.63, 3.8) is 0 Å². The summed E-state index contributed by atoms with van der Waals surface area (Å²) in [5, 5.41) is 12.5. The van der Waals surface area contributed by atoms with Crippen LogP contribution in [0.5, 0.6) is 0 Å². The first-order valence-electron chi connectivity index (χ1n) is 12.7. The molecule has 3 fully saturated rings. The standard InChI is InChI=1S/C26H44N2O6/c1-9-33-22(32)18-17-21(31)28(12-10-11-13-29)19(26(17)14-16(2)25(18,8)34-26)20(30)27-24(6,7)15-23(3,4)5/h16-19,29H,9-15H2,1-8H3,(H,27,30)/t16?,17-,18+,19?,25-,26?/m0/s1. The maximum atomic E-state index is 13.9. The van der Waals surface area contributed by atoms with Gasteiger partial charge in [0.15, 0.2) is 0 Å². The number of nitrogens with one attached hydrogen (secondary N) is 1. The van der Waals surface area contributed by atoms with E-state index in [0.717, 1.165) is 6.42 Å². The van der Waals surface area contributed by atoms with E-state index in [2.05, 4.69) is 26.1 Å². The molecule has 3 unspecified atom stereocenters. The van der Waals surface area contributed by atoms with E-state index in [4.69, 9.17) is 9.47 Å². The highest BCUT2D eigenvalue weighted by atomic mass is 16.6. The zero-order valence-corrected chi connectivity index (χ0v) is 22.2. The van der Waals surface area contributed by atoms with Crippen LogP contribution in [0, 0.1) is 23.2 Å². The van der Waals surface area contributed by atoms with Gasteiger partial charge in [-0.3, -0.25) is 14.4 Å². The largest absolute Gasteiger partial charge is 0.466 e. The first kappa shape index (κ1) is 26.9. The number of amides is 2. The van der Waals surface area contributed by atoms with Crippen molar-refractivity contribution in [1.29, 1.82) is 0 Å². The fourth-order valence-electron chi connectivity index (χ4n) is 7.04. The van der Waals surface area contributed by atoms with Gasteiger partial charge in [-0.1, -0.05) is 27.7 Å². The highest BCUT2D eigenvalue weighted by Crippen LogP contribution is 2.65. The van der Waals surface area contributed by atoms with Crippen LogP contribution in [0.1, 0.15) is 81.1 Å². The van der Waals surface area contributed by atoms with Gasteiger partial charge in [-0.25, -0.2) is 0 Å². The van der Waals surface area contributed by atoms with Crippen molar-refractivity contribution in [2.24, 2.45) is 23.2 Å². The number of likely N-dealkylation sites (tertiary alicyclic amines) is 1. The molecule has 2 amide bonds. The average molecular weight is 481 g/mol. The molecule has 0 saturated carbocycles. The maximum Gasteiger partial charge on any atom is 0.312 e. The van der Waals surface area contributed by atoms with Crippen LogP contribution in [0.4, 0.5) is 0 Å². The Morgan fingerprint density at radius 2 is 1.88 bits per heavy atom. The van der Waals surface area contributed by atoms with Crippen molar-refractivity contribution in [1.82, 2.24) is 10.2 Å². The van der Waals surface area contributed by atoms with Gasteiger partial charge in [0.2, 0.25) is 11.8 Å². The number of aliphatic hydroxyl groups is 1. The quantitative estimate of drug-likeness (QED) is 0.388. The lowest BCUT2D eigenvalue weighted by Crippen LogP contribution is -2.59. The summed E-state index contributed by atoms with van der Waals surface area (Å²) >= 11 is 0. The maximum absolute atomic E-state index is 13.9. The van der Waals surface area contributed by atoms with E-state index in [1.54, 1.807) is 11.8 Å². The van der Waals surface area contributed by atoms with Gasteiger partial charge in [0.1, 0.15) is 17.6 Å². The van der Waals surface area contributed by atoms with E-state index in [-0.39, 0.29) is 36.4 Å². The molecular formula is C26H44N2O6. The van der Waals surface area contributed by atoms with E-state index in [0.29, 0.717) is 25.8 Å². The summed E-state index contributed by atoms with van der Waals surface area (Å²) in [4.78, 5) is 42.5. The lowest BCUT2D eigenvalue weighted by molar-refractivity contribution is -0.161. The molecular weight excluding hydrogens is 436 g/mol. The minimum Gasteiger partial charge on any atom is -0.466 e. The van der Waals surface area contributed by atoms with Crippen LogP contribution in [0.3, 0.4) is 0 Å². The molecule has 3 saturated heterocycles. The number of carbonyl (C=O) groups is 3. The molecule has 0 aromatic heterocycles. The molecule has 0 radical (unpaired) electrons. The van der Waals surface area contributed by atoms with E-state index in [9.17, 15) is 19.5 Å². The van der Waals surface area contributed by atoms with Crippen LogP contribution in [0.15, 0.2) is 0 Å². The summed E-state index contributed by atoms with van der Waals surface area (Å²) in [5.74, 6) is -2.40. The van der Waals surface area contributed by atoms with Crippen molar-refractivity contribution in [2.75, 3.05) is 19.8 Å². The normalized spacial score (nSPS) is 35.0. The zero-order chi connectivity index (χ0) is 25.7. The van der Waals surface area contributed by atoms with Gasteiger partial charge < -0.3 is 24.8 Å². The third-order valence-electron chi connectivity index (χ3n) is 7.84. The molecule has 194 valence electrons. The summed E-state index contributed by atoms with van der Waals surface area (Å²) in [6, 6.07) is -0.827. The van der Waals surface area contributed by atoms with Gasteiger partial charge in [0, 0.05) is 18.7 Å². The molecule has 3 heterocycles. The number of unbranched alkanes of at least 4 members (excludes halogenated alkanes) is 1. The Kier molecular flexibility index (Phi) is 7.19. The Balaban J connectivity index is 2.01. The van der Waals surface area contributed by atoms with Gasteiger partial charge >= 0.3 is 5.97 Å². The molecule has 3 rings (SSSR count). The molecule has 3 aliphatic heterocycles. The molecule has 3 aliphatic rings. The Hall–Kier alpha value is -1.67. The minimum atomic E-state index is -1.07. The van der Waals surface area contributed by atoms with Crippen molar-refractivity contribution < 1.29 is 29.0 Å². The third kappa shape index (κ3) is 4.48. The number of hydrogen-bond acceptors (Lipinski definition) is 6. The Morgan fingerprint density at radius 3 is 2.44 bits per heavy atom. The molecule has 34 heavy (non-hydrogen) atoms. The molecule has 0 aromatic carbocycles. The number of hydrogen-bond donors (Lipinski definition) is 2. The molecule has 2 bridgehead atoms. The summed E-state index contributed by atoms with van der Waals surface area (Å²) < 4.78 is 12.0. The molecule has 0 aliphatic carbocycles. The summed E-state index contributed by atoms with van der Waals surface area (Å²) in [5.41, 5.74) is -2.41. The Bertz CT molecular complexity index is 821. The number of carbonyl (C=O) groups excluding carboxylic acids is 3. The van der Waals surface area contributed by atoms with Gasteiger partial charge in [-0.05, 0) is 64.7 Å². The highest BCUT2D eigenvalue weighted by Gasteiger charge is 2.80. The molecule has 1 spiro atoms. The monoisotopic (exact) mass is 480 g/mol. The first-order valence-corrected chi connectivity index (χ1v) is 12.7. The number of rotatable bonds is 9. The Morgan fingerprint density at radius 1 is 1.24 bits per heavy atom. The lowest BCUT2D eigenvalue weighted by Gasteiger charge is -2.38. The minimum absolute atomic E-state index is 0.00319. The number of aliphatic hydroxyl groups excluding tert-OH is 1. The fourth-order valence-corrected chi connectivity index (χ4v) is 7.04. The van der Waals surface area contributed by atoms with E-state index < -0.39 is 40.6 Å². The van der Waals surface area contributed by atoms with Crippen LogP contribution in [-0.4, -0.2) is 70.3 Å². The van der Waals surface area contributed by atoms with Crippen molar-refractivity contribution >= 4 is 17.8 Å². The smallest absolute Gasteiger partial charge is 0.312 e. The predicted octanol–water partition coefficient (Wildman–Crippen LogP) is 2.66. The number of ether oxygens (including phenoxy) is 2. The van der Waals surface area contributed by atoms with Gasteiger partial charge in [-0.2, -0.15) is 0 Å². The highest BCUT2D eigenvalue weighted by molar-refractivity contribution is 5.98. The van der Waals surface area contributed by atoms with Crippen molar-refractivity contribution in [3.8, 4) is 0 Å². The molecule has 0 aromatic rings. The molecule has 6 atom stereocenters. The first-order chi connectivity index (χ1) is 15.6. The number of nitrogens with zero attached hydrogens (tertiary/aromatic N) is 1. The predicted molar refractivity (Wildman–Crippen MR) is 128 cm³/mol. The molecule has 2 N–H and O–H groups in total. The molecule has 8 nitrogen and oxygen atoms in total. The van der Waals surface area contributed by atoms with E-state index >= 15 is 0 Å². The number of fused-ring (bicyclic) bond motifs is 1. The second-order valence-corrected chi connectivity index (χ2v) is 12.5. The zero-order valence-electron chi connectivity index (χ0n) is 22.2. The summed E-state index contributed by atoms with van der Waals surface area (Å²) in [6.07, 6.45) is 2.39. The van der Waals surface area contributed by atoms with Crippen molar-refractivity contribution in [2.45, 2.75) is 104 Å². The molecule has 8 heteroatoms. The van der Waals surface area contributed by atoms with E-state index in [1.807, 2.05) is 27.7 Å². The number of esters is 1. The van der Waals surface area contributed by atoms with Crippen LogP contribution in [0.25, 0.3) is 0 Å². The Labute approximate surface area is 204 Å². The SMILES string of the molecule is CCOC(=O)[C@H]1[C@H]2C(=O)N(CCCCO)C(C(=O)NC(C)(C)CC(C)(C)C)C23CC(C)[C@]1(C)O3. The topological polar surface area (TPSA) is 105 Å². The average Bonchev–Trinajstić information content (AvgIpc) is 3.17. The second-order valence-electron chi connectivity index (χ2n) is 12.5. The van der Waals surface area contributed by atoms with Crippen LogP contribution >= 0.6 is 0 Å². The van der Waals surface area contributed by atoms with Crippen molar-refractivity contribution in [3.05, 3.63) is 0 Å². The van der Waals surface area contributed by atoms with Gasteiger partial charge in [0.05, 0.1) is 18.1 Å². The van der Waals surface area contributed by atoms with Gasteiger partial charge in [-0.15, -0.1) is 0 Å².